The van der Waals surface area contributed by atoms with E-state index in [4.69, 9.17) is 4.74 Å². The topological polar surface area (TPSA) is 15.7 Å². The Morgan fingerprint density at radius 3 is 2.11 bits per heavy atom. The van der Waals surface area contributed by atoms with Crippen LogP contribution in [0.25, 0.3) is 0 Å². The Hall–Kier alpha value is -0.120. The van der Waals surface area contributed by atoms with Gasteiger partial charge in [0.1, 0.15) is 0 Å². The van der Waals surface area contributed by atoms with Crippen LogP contribution in [0.15, 0.2) is 0 Å². The number of methoxy groups -OCH3 is 1. The Morgan fingerprint density at radius 1 is 1.00 bits per heavy atom. The molecule has 0 N–H and O–H groups in total. The maximum atomic E-state index is 5.45. The zero-order valence-corrected chi connectivity index (χ0v) is 12.4. The second kappa shape index (κ2) is 6.88. The maximum Gasteiger partial charge on any atom is 0.0571 e. The first-order chi connectivity index (χ1) is 8.69. The molecule has 0 unspecified atom stereocenters. The Balaban J connectivity index is 1.66. The third kappa shape index (κ3) is 3.94. The first-order valence-electron chi connectivity index (χ1n) is 7.60. The number of hydrogen-bond acceptors (Lipinski definition) is 3. The van der Waals surface area contributed by atoms with Crippen molar-refractivity contribution < 1.29 is 4.74 Å². The second-order valence-corrected chi connectivity index (χ2v) is 6.37. The fourth-order valence-corrected chi connectivity index (χ4v) is 3.53. The summed E-state index contributed by atoms with van der Waals surface area (Å²) in [5.74, 6) is 0.923. The lowest BCUT2D eigenvalue weighted by molar-refractivity contribution is 0.0451. The van der Waals surface area contributed by atoms with Gasteiger partial charge in [0.05, 0.1) is 6.10 Å². The van der Waals surface area contributed by atoms with Crippen LogP contribution in [0.5, 0.6) is 0 Å². The Labute approximate surface area is 112 Å². The van der Waals surface area contributed by atoms with Gasteiger partial charge in [-0.25, -0.2) is 0 Å². The fourth-order valence-electron chi connectivity index (χ4n) is 3.53. The molecule has 0 bridgehead atoms. The molecule has 0 spiro atoms. The number of ether oxygens (including phenoxy) is 1. The summed E-state index contributed by atoms with van der Waals surface area (Å²) in [4.78, 5) is 5.08. The van der Waals surface area contributed by atoms with E-state index in [1.165, 1.54) is 58.2 Å². The van der Waals surface area contributed by atoms with Crippen LogP contribution in [0.4, 0.5) is 0 Å². The van der Waals surface area contributed by atoms with E-state index in [2.05, 4.69) is 23.9 Å². The molecule has 0 radical (unpaired) electrons. The number of rotatable bonds is 4. The smallest absolute Gasteiger partial charge is 0.0571 e. The lowest BCUT2D eigenvalue weighted by Crippen LogP contribution is -2.44. The molecule has 0 aromatic heterocycles. The van der Waals surface area contributed by atoms with Crippen LogP contribution in [0, 0.1) is 5.92 Å². The van der Waals surface area contributed by atoms with Gasteiger partial charge in [-0.1, -0.05) is 0 Å². The molecule has 106 valence electrons. The summed E-state index contributed by atoms with van der Waals surface area (Å²) < 4.78 is 5.45. The molecule has 1 saturated heterocycles. The zero-order chi connectivity index (χ0) is 13.0. The van der Waals surface area contributed by atoms with Crippen LogP contribution in [-0.4, -0.2) is 62.8 Å². The summed E-state index contributed by atoms with van der Waals surface area (Å²) in [5, 5.41) is 0. The Bertz CT molecular complexity index is 229. The van der Waals surface area contributed by atoms with Gasteiger partial charge in [0, 0.05) is 19.7 Å². The minimum Gasteiger partial charge on any atom is -0.381 e. The van der Waals surface area contributed by atoms with E-state index in [1.54, 1.807) is 0 Å². The van der Waals surface area contributed by atoms with Crippen molar-refractivity contribution >= 4 is 0 Å². The van der Waals surface area contributed by atoms with Crippen LogP contribution in [0.3, 0.4) is 0 Å². The molecule has 1 saturated carbocycles. The molecule has 0 aromatic carbocycles. The molecule has 18 heavy (non-hydrogen) atoms. The third-order valence-corrected chi connectivity index (χ3v) is 4.93. The average molecular weight is 254 g/mol. The zero-order valence-electron chi connectivity index (χ0n) is 12.4. The highest BCUT2D eigenvalue weighted by atomic mass is 16.5. The van der Waals surface area contributed by atoms with Crippen LogP contribution >= 0.6 is 0 Å². The molecule has 0 amide bonds. The quantitative estimate of drug-likeness (QED) is 0.765. The van der Waals surface area contributed by atoms with Gasteiger partial charge in [0.15, 0.2) is 0 Å². The summed E-state index contributed by atoms with van der Waals surface area (Å²) in [5.41, 5.74) is 0. The van der Waals surface area contributed by atoms with Crippen LogP contribution in [0.2, 0.25) is 0 Å². The maximum absolute atomic E-state index is 5.45. The molecule has 1 aliphatic heterocycles. The third-order valence-electron chi connectivity index (χ3n) is 4.93. The lowest BCUT2D eigenvalue weighted by Gasteiger charge is -2.38. The van der Waals surface area contributed by atoms with Crippen molar-refractivity contribution in [2.45, 2.75) is 50.7 Å². The van der Waals surface area contributed by atoms with Gasteiger partial charge >= 0.3 is 0 Å². The predicted octanol–water partition coefficient (Wildman–Crippen LogP) is 2.22. The molecule has 1 heterocycles. The number of hydrogen-bond donors (Lipinski definition) is 0. The summed E-state index contributed by atoms with van der Waals surface area (Å²) in [6.07, 6.45) is 8.52. The Kier molecular flexibility index (Phi) is 5.46. The largest absolute Gasteiger partial charge is 0.381 e. The van der Waals surface area contributed by atoms with E-state index in [1.807, 2.05) is 7.11 Å². The van der Waals surface area contributed by atoms with Crippen LogP contribution in [-0.2, 0) is 4.74 Å². The molecule has 2 aliphatic rings. The van der Waals surface area contributed by atoms with E-state index < -0.39 is 0 Å². The number of nitrogens with zero attached hydrogens (tertiary/aromatic N) is 2. The van der Waals surface area contributed by atoms with Crippen molar-refractivity contribution in [1.29, 1.82) is 0 Å². The SMILES string of the molecule is COC1CCC(CN2CCC(N(C)C)CC2)CC1. The molecule has 0 aromatic rings. The van der Waals surface area contributed by atoms with Crippen molar-refractivity contribution in [3.8, 4) is 0 Å². The monoisotopic (exact) mass is 254 g/mol. The van der Waals surface area contributed by atoms with E-state index in [9.17, 15) is 0 Å². The van der Waals surface area contributed by atoms with Gasteiger partial charge in [0.25, 0.3) is 0 Å². The second-order valence-electron chi connectivity index (χ2n) is 6.37. The highest BCUT2D eigenvalue weighted by Gasteiger charge is 2.25. The fraction of sp³-hybridized carbons (Fsp3) is 1.00. The summed E-state index contributed by atoms with van der Waals surface area (Å²) >= 11 is 0. The summed E-state index contributed by atoms with van der Waals surface area (Å²) in [6, 6.07) is 0.811. The highest BCUT2D eigenvalue weighted by molar-refractivity contribution is 4.80. The standard InChI is InChI=1S/C15H30N2O/c1-16(2)14-8-10-17(11-9-14)12-13-4-6-15(18-3)7-5-13/h13-15H,4-12H2,1-3H3. The van der Waals surface area contributed by atoms with Gasteiger partial charge in [0.2, 0.25) is 0 Å². The van der Waals surface area contributed by atoms with Gasteiger partial charge in [-0.05, 0) is 71.6 Å². The van der Waals surface area contributed by atoms with E-state index in [0.717, 1.165) is 12.0 Å². The molecule has 3 heteroatoms. The van der Waals surface area contributed by atoms with Gasteiger partial charge in [-0.3, -0.25) is 0 Å². The molecule has 2 fully saturated rings. The highest BCUT2D eigenvalue weighted by Crippen LogP contribution is 2.27. The first-order valence-corrected chi connectivity index (χ1v) is 7.60. The molecule has 0 atom stereocenters. The van der Waals surface area contributed by atoms with Gasteiger partial charge in [-0.2, -0.15) is 0 Å². The lowest BCUT2D eigenvalue weighted by atomic mass is 9.86. The normalized spacial score (nSPS) is 32.0. The van der Waals surface area contributed by atoms with Gasteiger partial charge in [-0.15, -0.1) is 0 Å². The molecule has 2 rings (SSSR count). The number of likely N-dealkylation sites (tertiary alicyclic amines) is 1. The van der Waals surface area contributed by atoms with E-state index in [-0.39, 0.29) is 0 Å². The van der Waals surface area contributed by atoms with Gasteiger partial charge < -0.3 is 14.5 Å². The molecular formula is C15H30N2O. The molecule has 1 aliphatic carbocycles. The molecule has 3 nitrogen and oxygen atoms in total. The van der Waals surface area contributed by atoms with Crippen molar-refractivity contribution in [1.82, 2.24) is 9.80 Å². The predicted molar refractivity (Wildman–Crippen MR) is 75.9 cm³/mol. The Morgan fingerprint density at radius 2 is 1.61 bits per heavy atom. The van der Waals surface area contributed by atoms with E-state index >= 15 is 0 Å². The van der Waals surface area contributed by atoms with Crippen molar-refractivity contribution in [2.75, 3.05) is 40.8 Å². The molecular weight excluding hydrogens is 224 g/mol. The van der Waals surface area contributed by atoms with Crippen molar-refractivity contribution in [2.24, 2.45) is 5.92 Å². The van der Waals surface area contributed by atoms with E-state index in [0.29, 0.717) is 6.10 Å². The van der Waals surface area contributed by atoms with Crippen molar-refractivity contribution in [3.05, 3.63) is 0 Å². The average Bonchev–Trinajstić information content (AvgIpc) is 2.40. The van der Waals surface area contributed by atoms with Crippen molar-refractivity contribution in [3.63, 3.8) is 0 Å². The number of piperidine rings is 1. The summed E-state index contributed by atoms with van der Waals surface area (Å²) in [6.45, 7) is 3.93. The summed E-state index contributed by atoms with van der Waals surface area (Å²) in [7, 11) is 6.29. The van der Waals surface area contributed by atoms with Crippen LogP contribution in [0.1, 0.15) is 38.5 Å². The van der Waals surface area contributed by atoms with Crippen LogP contribution < -0.4 is 0 Å². The minimum absolute atomic E-state index is 0.542. The minimum atomic E-state index is 0.542. The first kappa shape index (κ1) is 14.3.